The molecule has 0 atom stereocenters. The minimum Gasteiger partial charge on any atom is -0.439 e. The molecular weight excluding hydrogens is 294 g/mol. The lowest BCUT2D eigenvalue weighted by atomic mass is 10.3. The van der Waals surface area contributed by atoms with Gasteiger partial charge in [0.15, 0.2) is 0 Å². The molecular formula is C13H14BrN3O. The third kappa shape index (κ3) is 3.70. The lowest BCUT2D eigenvalue weighted by molar-refractivity contribution is 0.462. The van der Waals surface area contributed by atoms with E-state index in [-0.39, 0.29) is 0 Å². The first-order valence-electron chi connectivity index (χ1n) is 5.78. The number of ether oxygens (including phenoxy) is 1. The Kier molecular flexibility index (Phi) is 4.52. The van der Waals surface area contributed by atoms with Gasteiger partial charge < -0.3 is 10.1 Å². The molecule has 0 aliphatic heterocycles. The second-order valence-corrected chi connectivity index (χ2v) is 4.62. The summed E-state index contributed by atoms with van der Waals surface area (Å²) in [5.74, 6) is 1.86. The maximum atomic E-state index is 5.66. The molecule has 0 spiro atoms. The maximum Gasteiger partial charge on any atom is 0.225 e. The molecule has 0 saturated heterocycles. The summed E-state index contributed by atoms with van der Waals surface area (Å²) < 4.78 is 6.63. The standard InChI is InChI=1S/C13H14BrN3O/c1-2-7-15-13-16-8-6-12(17-13)18-11-5-3-4-10(14)9-11/h3-6,8-9H,2,7H2,1H3,(H,15,16,17). The van der Waals surface area contributed by atoms with E-state index in [9.17, 15) is 0 Å². The lowest BCUT2D eigenvalue weighted by Gasteiger charge is -2.07. The summed E-state index contributed by atoms with van der Waals surface area (Å²) in [6.45, 7) is 2.94. The topological polar surface area (TPSA) is 47.0 Å². The molecule has 0 aliphatic carbocycles. The van der Waals surface area contributed by atoms with Crippen LogP contribution >= 0.6 is 15.9 Å². The summed E-state index contributed by atoms with van der Waals surface area (Å²) >= 11 is 3.40. The minimum atomic E-state index is 0.529. The van der Waals surface area contributed by atoms with Crippen molar-refractivity contribution in [3.05, 3.63) is 41.0 Å². The van der Waals surface area contributed by atoms with Gasteiger partial charge in [-0.05, 0) is 24.6 Å². The molecule has 0 aliphatic rings. The van der Waals surface area contributed by atoms with E-state index in [4.69, 9.17) is 4.74 Å². The van der Waals surface area contributed by atoms with Gasteiger partial charge in [0, 0.05) is 23.3 Å². The van der Waals surface area contributed by atoms with E-state index >= 15 is 0 Å². The molecule has 94 valence electrons. The number of aromatic nitrogens is 2. The van der Waals surface area contributed by atoms with Gasteiger partial charge in [0.2, 0.25) is 11.8 Å². The van der Waals surface area contributed by atoms with Crippen molar-refractivity contribution in [1.82, 2.24) is 9.97 Å². The Morgan fingerprint density at radius 3 is 3.00 bits per heavy atom. The molecule has 0 bridgehead atoms. The van der Waals surface area contributed by atoms with Crippen molar-refractivity contribution in [2.24, 2.45) is 0 Å². The molecule has 0 unspecified atom stereocenters. The van der Waals surface area contributed by atoms with Crippen molar-refractivity contribution in [2.45, 2.75) is 13.3 Å². The van der Waals surface area contributed by atoms with Crippen LogP contribution in [0.2, 0.25) is 0 Å². The molecule has 1 N–H and O–H groups in total. The lowest BCUT2D eigenvalue weighted by Crippen LogP contribution is -2.04. The van der Waals surface area contributed by atoms with E-state index in [1.807, 2.05) is 24.3 Å². The van der Waals surface area contributed by atoms with Crippen LogP contribution in [0, 0.1) is 0 Å². The third-order valence-corrected chi connectivity index (χ3v) is 2.67. The van der Waals surface area contributed by atoms with E-state index in [0.29, 0.717) is 11.8 Å². The van der Waals surface area contributed by atoms with E-state index < -0.39 is 0 Å². The second kappa shape index (κ2) is 6.35. The first kappa shape index (κ1) is 12.8. The van der Waals surface area contributed by atoms with Gasteiger partial charge in [-0.1, -0.05) is 28.9 Å². The number of nitrogens with one attached hydrogen (secondary N) is 1. The van der Waals surface area contributed by atoms with Gasteiger partial charge in [-0.2, -0.15) is 4.98 Å². The predicted molar refractivity (Wildman–Crippen MR) is 75.0 cm³/mol. The second-order valence-electron chi connectivity index (χ2n) is 3.70. The first-order chi connectivity index (χ1) is 8.78. The molecule has 0 saturated carbocycles. The SMILES string of the molecule is CCCNc1nccc(Oc2cccc(Br)c2)n1. The summed E-state index contributed by atoms with van der Waals surface area (Å²) in [6.07, 6.45) is 2.71. The summed E-state index contributed by atoms with van der Waals surface area (Å²) in [5, 5.41) is 3.12. The van der Waals surface area contributed by atoms with E-state index in [2.05, 4.69) is 38.1 Å². The Hall–Kier alpha value is -1.62. The average molecular weight is 308 g/mol. The number of rotatable bonds is 5. The number of hydrogen-bond acceptors (Lipinski definition) is 4. The molecule has 0 fully saturated rings. The van der Waals surface area contributed by atoms with Crippen molar-refractivity contribution in [3.63, 3.8) is 0 Å². The van der Waals surface area contributed by atoms with Gasteiger partial charge in [0.25, 0.3) is 0 Å². The zero-order valence-corrected chi connectivity index (χ0v) is 11.6. The Balaban J connectivity index is 2.09. The molecule has 2 aromatic rings. The van der Waals surface area contributed by atoms with Crippen LogP contribution in [0.1, 0.15) is 13.3 Å². The monoisotopic (exact) mass is 307 g/mol. The fourth-order valence-electron chi connectivity index (χ4n) is 1.37. The summed E-state index contributed by atoms with van der Waals surface area (Å²) in [7, 11) is 0. The Morgan fingerprint density at radius 1 is 1.33 bits per heavy atom. The smallest absolute Gasteiger partial charge is 0.225 e. The van der Waals surface area contributed by atoms with Crippen LogP contribution in [0.4, 0.5) is 5.95 Å². The molecule has 1 aromatic heterocycles. The zero-order valence-electron chi connectivity index (χ0n) is 10.1. The fourth-order valence-corrected chi connectivity index (χ4v) is 1.75. The number of anilines is 1. The van der Waals surface area contributed by atoms with Crippen molar-refractivity contribution in [1.29, 1.82) is 0 Å². The van der Waals surface area contributed by atoms with E-state index in [0.717, 1.165) is 23.2 Å². The summed E-state index contributed by atoms with van der Waals surface area (Å²) in [6, 6.07) is 9.36. The van der Waals surface area contributed by atoms with Crippen LogP contribution in [-0.4, -0.2) is 16.5 Å². The predicted octanol–water partition coefficient (Wildman–Crippen LogP) is 3.85. The molecule has 2 rings (SSSR count). The average Bonchev–Trinajstić information content (AvgIpc) is 2.37. The molecule has 18 heavy (non-hydrogen) atoms. The van der Waals surface area contributed by atoms with Gasteiger partial charge in [-0.25, -0.2) is 4.98 Å². The minimum absolute atomic E-state index is 0.529. The molecule has 4 nitrogen and oxygen atoms in total. The van der Waals surface area contributed by atoms with E-state index in [1.54, 1.807) is 12.3 Å². The number of halogens is 1. The number of hydrogen-bond donors (Lipinski definition) is 1. The summed E-state index contributed by atoms with van der Waals surface area (Å²) in [4.78, 5) is 8.40. The highest BCUT2D eigenvalue weighted by Gasteiger charge is 2.01. The quantitative estimate of drug-likeness (QED) is 0.911. The highest BCUT2D eigenvalue weighted by atomic mass is 79.9. The van der Waals surface area contributed by atoms with Gasteiger partial charge in [-0.15, -0.1) is 0 Å². The molecule has 1 heterocycles. The van der Waals surface area contributed by atoms with Crippen LogP contribution in [0.25, 0.3) is 0 Å². The van der Waals surface area contributed by atoms with Crippen molar-refractivity contribution < 1.29 is 4.74 Å². The molecule has 5 heteroatoms. The largest absolute Gasteiger partial charge is 0.439 e. The normalized spacial score (nSPS) is 10.1. The number of benzene rings is 1. The highest BCUT2D eigenvalue weighted by Crippen LogP contribution is 2.23. The summed E-state index contributed by atoms with van der Waals surface area (Å²) in [5.41, 5.74) is 0. The van der Waals surface area contributed by atoms with Crippen LogP contribution in [0.5, 0.6) is 11.6 Å². The zero-order chi connectivity index (χ0) is 12.8. The van der Waals surface area contributed by atoms with Crippen LogP contribution < -0.4 is 10.1 Å². The first-order valence-corrected chi connectivity index (χ1v) is 6.57. The van der Waals surface area contributed by atoms with Gasteiger partial charge in [0.1, 0.15) is 5.75 Å². The van der Waals surface area contributed by atoms with Crippen molar-refractivity contribution >= 4 is 21.9 Å². The van der Waals surface area contributed by atoms with Crippen LogP contribution in [0.15, 0.2) is 41.0 Å². The maximum absolute atomic E-state index is 5.66. The Morgan fingerprint density at radius 2 is 2.22 bits per heavy atom. The molecule has 0 radical (unpaired) electrons. The van der Waals surface area contributed by atoms with E-state index in [1.165, 1.54) is 0 Å². The molecule has 1 aromatic carbocycles. The number of nitrogens with zero attached hydrogens (tertiary/aromatic N) is 2. The van der Waals surface area contributed by atoms with Crippen molar-refractivity contribution in [2.75, 3.05) is 11.9 Å². The highest BCUT2D eigenvalue weighted by molar-refractivity contribution is 9.10. The Bertz CT molecular complexity index is 519. The van der Waals surface area contributed by atoms with Crippen molar-refractivity contribution in [3.8, 4) is 11.6 Å². The third-order valence-electron chi connectivity index (χ3n) is 2.18. The fraction of sp³-hybridized carbons (Fsp3) is 0.231. The Labute approximate surface area is 115 Å². The van der Waals surface area contributed by atoms with Gasteiger partial charge in [-0.3, -0.25) is 0 Å². The molecule has 0 amide bonds. The van der Waals surface area contributed by atoms with Crippen LogP contribution in [0.3, 0.4) is 0 Å². The van der Waals surface area contributed by atoms with Gasteiger partial charge >= 0.3 is 0 Å². The van der Waals surface area contributed by atoms with Gasteiger partial charge in [0.05, 0.1) is 0 Å². The van der Waals surface area contributed by atoms with Crippen LogP contribution in [-0.2, 0) is 0 Å².